The maximum Gasteiger partial charge on any atom is 0.359 e. The van der Waals surface area contributed by atoms with Gasteiger partial charge < -0.3 is 19.3 Å². The van der Waals surface area contributed by atoms with E-state index >= 15 is 0 Å². The molecule has 4 heterocycles. The number of methoxy groups -OCH3 is 1. The van der Waals surface area contributed by atoms with Crippen molar-refractivity contribution in [1.82, 2.24) is 9.47 Å². The number of fused-ring (bicyclic) bond motifs is 3. The van der Waals surface area contributed by atoms with E-state index in [1.165, 1.54) is 7.11 Å². The molecule has 0 spiro atoms. The predicted octanol–water partition coefficient (Wildman–Crippen LogP) is 2.33. The van der Waals surface area contributed by atoms with E-state index in [1.807, 2.05) is 36.1 Å². The molecule has 1 aromatic heterocycles. The fourth-order valence-electron chi connectivity index (χ4n) is 5.70. The molecule has 6 heteroatoms. The summed E-state index contributed by atoms with van der Waals surface area (Å²) in [5.41, 5.74) is 1.18. The van der Waals surface area contributed by atoms with Gasteiger partial charge in [-0.2, -0.15) is 0 Å². The molecule has 4 atom stereocenters. The number of carbonyl (C=O) groups is 2. The zero-order valence-corrected chi connectivity index (χ0v) is 15.6. The van der Waals surface area contributed by atoms with Crippen LogP contribution < -0.4 is 0 Å². The van der Waals surface area contributed by atoms with Crippen LogP contribution in [0.5, 0.6) is 0 Å². The number of hydrogen-bond acceptors (Lipinski definition) is 4. The van der Waals surface area contributed by atoms with Gasteiger partial charge in [-0.3, -0.25) is 4.79 Å². The van der Waals surface area contributed by atoms with E-state index in [4.69, 9.17) is 4.74 Å². The lowest BCUT2D eigenvalue weighted by Crippen LogP contribution is -2.58. The lowest BCUT2D eigenvalue weighted by atomic mass is 9.72. The molecule has 1 fully saturated rings. The summed E-state index contributed by atoms with van der Waals surface area (Å²) in [6, 6.07) is 7.80. The Morgan fingerprint density at radius 2 is 2.15 bits per heavy atom. The third-order valence-corrected chi connectivity index (χ3v) is 6.83. The first-order chi connectivity index (χ1) is 13.0. The van der Waals surface area contributed by atoms with Crippen LogP contribution in [-0.4, -0.2) is 40.1 Å². The third kappa shape index (κ3) is 1.99. The first-order valence-corrected chi connectivity index (χ1v) is 9.75. The predicted molar refractivity (Wildman–Crippen MR) is 98.8 cm³/mol. The number of hydrogen-bond donors (Lipinski definition) is 1. The maximum atomic E-state index is 13.0. The number of benzene rings is 1. The maximum absolute atomic E-state index is 13.0. The van der Waals surface area contributed by atoms with Crippen molar-refractivity contribution in [3.05, 3.63) is 35.5 Å². The number of esters is 1. The van der Waals surface area contributed by atoms with E-state index in [1.54, 1.807) is 4.57 Å². The van der Waals surface area contributed by atoms with Crippen LogP contribution in [0.2, 0.25) is 0 Å². The molecule has 0 radical (unpaired) electrons. The summed E-state index contributed by atoms with van der Waals surface area (Å²) in [7, 11) is 1.32. The first-order valence-electron chi connectivity index (χ1n) is 9.75. The normalized spacial score (nSPS) is 31.7. The minimum absolute atomic E-state index is 0.0365. The van der Waals surface area contributed by atoms with E-state index in [0.717, 1.165) is 35.0 Å². The molecule has 3 aliphatic rings. The summed E-state index contributed by atoms with van der Waals surface area (Å²) in [6.07, 6.45) is 2.50. The van der Waals surface area contributed by atoms with E-state index in [2.05, 4.69) is 0 Å². The highest BCUT2D eigenvalue weighted by Crippen LogP contribution is 2.54. The molecule has 1 aromatic carbocycles. The zero-order valence-electron chi connectivity index (χ0n) is 15.6. The Kier molecular flexibility index (Phi) is 3.47. The molecule has 142 valence electrons. The monoisotopic (exact) mass is 368 g/mol. The van der Waals surface area contributed by atoms with Crippen LogP contribution in [0.3, 0.4) is 0 Å². The van der Waals surface area contributed by atoms with Gasteiger partial charge >= 0.3 is 5.97 Å². The molecular weight excluding hydrogens is 344 g/mol. The van der Waals surface area contributed by atoms with Crippen molar-refractivity contribution in [3.8, 4) is 0 Å². The lowest BCUT2D eigenvalue weighted by Gasteiger charge is -2.52. The minimum Gasteiger partial charge on any atom is -0.465 e. The van der Waals surface area contributed by atoms with Crippen molar-refractivity contribution < 1.29 is 19.4 Å². The summed E-state index contributed by atoms with van der Waals surface area (Å²) in [4.78, 5) is 27.7. The Hall–Kier alpha value is -2.34. The van der Waals surface area contributed by atoms with Crippen molar-refractivity contribution in [3.63, 3.8) is 0 Å². The number of nitrogens with zero attached hydrogens (tertiary/aromatic N) is 2. The van der Waals surface area contributed by atoms with Crippen molar-refractivity contribution in [2.24, 2.45) is 11.8 Å². The quantitative estimate of drug-likeness (QED) is 0.826. The summed E-state index contributed by atoms with van der Waals surface area (Å²) in [5, 5.41) is 12.6. The SMILES string of the molecule is CC[C@@H]1C[C@@H]2CC(O)(C(=O)OC)n3c4c(c5ccccc53)CCN(C1=O)[C@@H]42. The number of carbonyl (C=O) groups excluding carboxylic acids is 2. The average Bonchev–Trinajstić information content (AvgIpc) is 3.04. The molecule has 1 amide bonds. The van der Waals surface area contributed by atoms with Gasteiger partial charge in [-0.15, -0.1) is 0 Å². The molecule has 2 aromatic rings. The molecule has 0 aliphatic carbocycles. The van der Waals surface area contributed by atoms with Crippen LogP contribution in [0.15, 0.2) is 24.3 Å². The molecule has 1 saturated heterocycles. The van der Waals surface area contributed by atoms with E-state index < -0.39 is 11.7 Å². The number of piperidine rings is 1. The second-order valence-electron chi connectivity index (χ2n) is 8.06. The number of para-hydroxylation sites is 1. The number of aromatic nitrogens is 1. The van der Waals surface area contributed by atoms with Crippen molar-refractivity contribution in [2.45, 2.75) is 44.4 Å². The van der Waals surface area contributed by atoms with Crippen LogP contribution in [-0.2, 0) is 26.5 Å². The van der Waals surface area contributed by atoms with Gasteiger partial charge in [-0.05, 0) is 36.8 Å². The van der Waals surface area contributed by atoms with Crippen molar-refractivity contribution in [1.29, 1.82) is 0 Å². The number of amides is 1. The molecule has 6 nitrogen and oxygen atoms in total. The van der Waals surface area contributed by atoms with E-state index in [0.29, 0.717) is 13.0 Å². The highest BCUT2D eigenvalue weighted by Gasteiger charge is 2.56. The van der Waals surface area contributed by atoms with E-state index in [9.17, 15) is 14.7 Å². The van der Waals surface area contributed by atoms with Gasteiger partial charge in [-0.1, -0.05) is 25.1 Å². The number of rotatable bonds is 2. The Morgan fingerprint density at radius 3 is 2.89 bits per heavy atom. The summed E-state index contributed by atoms with van der Waals surface area (Å²) in [6.45, 7) is 2.73. The smallest absolute Gasteiger partial charge is 0.359 e. The van der Waals surface area contributed by atoms with Crippen LogP contribution >= 0.6 is 0 Å². The summed E-state index contributed by atoms with van der Waals surface area (Å²) in [5.74, 6) is -0.408. The topological polar surface area (TPSA) is 71.8 Å². The molecule has 0 saturated carbocycles. The third-order valence-electron chi connectivity index (χ3n) is 6.83. The van der Waals surface area contributed by atoms with Gasteiger partial charge in [0.25, 0.3) is 0 Å². The molecule has 0 bridgehead atoms. The molecule has 1 N–H and O–H groups in total. The fourth-order valence-corrected chi connectivity index (χ4v) is 5.70. The lowest BCUT2D eigenvalue weighted by molar-refractivity contribution is -0.186. The van der Waals surface area contributed by atoms with Gasteiger partial charge in [-0.25, -0.2) is 4.79 Å². The molecule has 27 heavy (non-hydrogen) atoms. The standard InChI is InChI=1S/C21H24N2O4/c1-3-12-10-13-11-21(26,20(25)27-2)23-16-7-5-4-6-14(16)15-8-9-22(19(12)24)17(13)18(15)23/h4-7,12-13,17,26H,3,8-11H2,1-2H3/t12-,13-,17-,21?/m1/s1. The van der Waals surface area contributed by atoms with Gasteiger partial charge in [0.05, 0.1) is 18.7 Å². The van der Waals surface area contributed by atoms with Gasteiger partial charge in [0.1, 0.15) is 0 Å². The van der Waals surface area contributed by atoms with Crippen LogP contribution in [0.4, 0.5) is 0 Å². The minimum atomic E-state index is -1.73. The Labute approximate surface area is 157 Å². The van der Waals surface area contributed by atoms with Gasteiger partial charge in [0, 0.05) is 30.0 Å². The Morgan fingerprint density at radius 1 is 1.37 bits per heavy atom. The van der Waals surface area contributed by atoms with Crippen LogP contribution in [0.1, 0.15) is 43.5 Å². The Bertz CT molecular complexity index is 964. The number of ether oxygens (including phenoxy) is 1. The molecule has 5 rings (SSSR count). The Balaban J connectivity index is 1.81. The van der Waals surface area contributed by atoms with E-state index in [-0.39, 0.29) is 30.2 Å². The largest absolute Gasteiger partial charge is 0.465 e. The second kappa shape index (κ2) is 5.58. The fraction of sp³-hybridized carbons (Fsp3) is 0.524. The molecule has 1 unspecified atom stereocenters. The van der Waals surface area contributed by atoms with Crippen LogP contribution in [0, 0.1) is 11.8 Å². The zero-order chi connectivity index (χ0) is 18.9. The van der Waals surface area contributed by atoms with Gasteiger partial charge in [0.15, 0.2) is 0 Å². The molecular formula is C21H24N2O4. The summed E-state index contributed by atoms with van der Waals surface area (Å²) >= 11 is 0. The average molecular weight is 368 g/mol. The first kappa shape index (κ1) is 16.8. The van der Waals surface area contributed by atoms with Crippen molar-refractivity contribution >= 4 is 22.8 Å². The van der Waals surface area contributed by atoms with Gasteiger partial charge in [0.2, 0.25) is 11.6 Å². The molecule has 3 aliphatic heterocycles. The summed E-state index contributed by atoms with van der Waals surface area (Å²) < 4.78 is 6.78. The van der Waals surface area contributed by atoms with Crippen molar-refractivity contribution in [2.75, 3.05) is 13.7 Å². The second-order valence-corrected chi connectivity index (χ2v) is 8.06. The highest BCUT2D eigenvalue weighted by molar-refractivity contribution is 5.91. The number of aliphatic hydroxyl groups is 1. The highest BCUT2D eigenvalue weighted by atomic mass is 16.5. The van der Waals surface area contributed by atoms with Crippen LogP contribution in [0.25, 0.3) is 10.9 Å².